The number of hydrogen-bond acceptors (Lipinski definition) is 7. The fraction of sp³-hybridized carbons (Fsp3) is 0.450. The molecule has 0 bridgehead atoms. The van der Waals surface area contributed by atoms with Crippen molar-refractivity contribution in [2.45, 2.75) is 116 Å². The third-order valence-corrected chi connectivity index (χ3v) is 9.70. The summed E-state index contributed by atoms with van der Waals surface area (Å²) < 4.78 is 3.73. The minimum absolute atomic E-state index is 0.0824. The van der Waals surface area contributed by atoms with Crippen LogP contribution < -0.4 is 4.90 Å². The van der Waals surface area contributed by atoms with E-state index in [1.807, 2.05) is 40.1 Å². The van der Waals surface area contributed by atoms with Crippen LogP contribution in [-0.2, 0) is 27.4 Å². The van der Waals surface area contributed by atoms with Crippen LogP contribution in [0.25, 0.3) is 11.6 Å². The van der Waals surface area contributed by atoms with Gasteiger partial charge >= 0.3 is 0 Å². The molecule has 0 fully saturated rings. The number of benzene rings is 1. The molecule has 4 aromatic heterocycles. The quantitative estimate of drug-likeness (QED) is 0.135. The third-order valence-electron chi connectivity index (χ3n) is 8.74. The highest BCUT2D eigenvalue weighted by molar-refractivity contribution is 7.98. The van der Waals surface area contributed by atoms with E-state index in [4.69, 9.17) is 20.2 Å². The maximum Gasteiger partial charge on any atom is 0.156 e. The molecule has 0 spiro atoms. The smallest absolute Gasteiger partial charge is 0.156 e. The molecule has 0 amide bonds. The molecule has 0 aliphatic rings. The molecule has 7 nitrogen and oxygen atoms in total. The minimum Gasteiger partial charge on any atom is -0.279 e. The Kier molecular flexibility index (Phi) is 9.96. The molecule has 9 heteroatoms. The first kappa shape index (κ1) is 36.7. The van der Waals surface area contributed by atoms with Crippen LogP contribution in [0.4, 0.5) is 17.3 Å². The van der Waals surface area contributed by atoms with Crippen molar-refractivity contribution >= 4 is 41.7 Å². The molecule has 0 radical (unpaired) electrons. The summed E-state index contributed by atoms with van der Waals surface area (Å²) in [4.78, 5) is 12.9. The molecule has 0 aliphatic carbocycles. The number of aromatic nitrogens is 6. The van der Waals surface area contributed by atoms with Gasteiger partial charge in [0.1, 0.15) is 16.7 Å². The van der Waals surface area contributed by atoms with Crippen LogP contribution in [0.15, 0.2) is 72.0 Å². The molecular weight excluding hydrogens is 643 g/mol. The van der Waals surface area contributed by atoms with E-state index in [9.17, 15) is 0 Å². The first-order valence-electron chi connectivity index (χ1n) is 16.9. The molecule has 0 saturated heterocycles. The molecule has 0 saturated carbocycles. The van der Waals surface area contributed by atoms with Crippen LogP contribution in [0.3, 0.4) is 0 Å². The minimum atomic E-state index is -0.156. The highest BCUT2D eigenvalue weighted by Gasteiger charge is 2.28. The summed E-state index contributed by atoms with van der Waals surface area (Å²) in [5.74, 6) is 3.60. The average molecular weight is 696 g/mol. The Labute approximate surface area is 303 Å². The van der Waals surface area contributed by atoms with Crippen molar-refractivity contribution in [3.8, 4) is 11.6 Å². The molecule has 0 atom stereocenters. The van der Waals surface area contributed by atoms with Gasteiger partial charge in [-0.15, -0.1) is 11.8 Å². The molecule has 49 heavy (non-hydrogen) atoms. The Morgan fingerprint density at radius 3 is 1.41 bits per heavy atom. The summed E-state index contributed by atoms with van der Waals surface area (Å²) >= 11 is 6.09. The van der Waals surface area contributed by atoms with Crippen LogP contribution in [-0.4, -0.2) is 35.8 Å². The second kappa shape index (κ2) is 13.3. The second-order valence-corrected chi connectivity index (χ2v) is 18.1. The second-order valence-electron chi connectivity index (χ2n) is 17.0. The van der Waals surface area contributed by atoms with Crippen molar-refractivity contribution in [3.63, 3.8) is 0 Å². The van der Waals surface area contributed by atoms with Crippen LogP contribution in [0.1, 0.15) is 111 Å². The van der Waals surface area contributed by atoms with E-state index in [1.165, 1.54) is 11.1 Å². The first-order chi connectivity index (χ1) is 22.7. The average Bonchev–Trinajstić information content (AvgIpc) is 3.69. The zero-order valence-electron chi connectivity index (χ0n) is 31.5. The van der Waals surface area contributed by atoms with E-state index >= 15 is 0 Å². The van der Waals surface area contributed by atoms with Crippen molar-refractivity contribution in [3.05, 3.63) is 94.9 Å². The molecule has 5 rings (SSSR count). The predicted octanol–water partition coefficient (Wildman–Crippen LogP) is 10.7. The van der Waals surface area contributed by atoms with E-state index in [-0.39, 0.29) is 21.7 Å². The van der Waals surface area contributed by atoms with Gasteiger partial charge in [-0.1, -0.05) is 89.2 Å². The number of thiol groups is 1. The maximum absolute atomic E-state index is 5.36. The van der Waals surface area contributed by atoms with Gasteiger partial charge in [-0.25, -0.2) is 19.3 Å². The predicted molar refractivity (Wildman–Crippen MR) is 210 cm³/mol. The van der Waals surface area contributed by atoms with Crippen molar-refractivity contribution in [1.29, 1.82) is 0 Å². The Bertz CT molecular complexity index is 1810. The van der Waals surface area contributed by atoms with E-state index in [2.05, 4.69) is 143 Å². The molecular formula is C40H53N7S2. The van der Waals surface area contributed by atoms with Gasteiger partial charge in [0.05, 0.1) is 5.69 Å². The van der Waals surface area contributed by atoms with Gasteiger partial charge in [-0.2, -0.15) is 22.8 Å². The Balaban J connectivity index is 1.90. The number of hydrogen-bond donors (Lipinski definition) is 1. The lowest BCUT2D eigenvalue weighted by Crippen LogP contribution is -2.22. The zero-order chi connectivity index (χ0) is 36.1. The normalized spacial score (nSPS) is 12.9. The van der Waals surface area contributed by atoms with Crippen LogP contribution in [0.2, 0.25) is 0 Å². The van der Waals surface area contributed by atoms with Gasteiger partial charge in [-0.05, 0) is 98.7 Å². The van der Waals surface area contributed by atoms with Gasteiger partial charge in [0.15, 0.2) is 11.6 Å². The summed E-state index contributed by atoms with van der Waals surface area (Å²) in [7, 11) is 0. The molecule has 0 unspecified atom stereocenters. The fourth-order valence-electron chi connectivity index (χ4n) is 5.44. The van der Waals surface area contributed by atoms with Crippen molar-refractivity contribution < 1.29 is 0 Å². The third kappa shape index (κ3) is 8.26. The maximum atomic E-state index is 5.36. The lowest BCUT2D eigenvalue weighted by atomic mass is 9.80. The summed E-state index contributed by atoms with van der Waals surface area (Å²) in [5, 5.41) is 10.6. The largest absolute Gasteiger partial charge is 0.279 e. The number of anilines is 3. The van der Waals surface area contributed by atoms with Crippen molar-refractivity contribution in [2.75, 3.05) is 11.2 Å². The summed E-state index contributed by atoms with van der Waals surface area (Å²) in [6.45, 7) is 27.0. The SMILES string of the molecule is CSc1ccn(-c2cc(C(C)(C)C)cc(N(c3cc(C(C)(C)C)cc(C(C)(C)C)c3)c3cc(C(C)(C)C)cc(-n4ccc(CS)n4)n3)n2)n1. The molecule has 5 aromatic rings. The summed E-state index contributed by atoms with van der Waals surface area (Å²) in [6.07, 6.45) is 5.99. The molecule has 4 heterocycles. The van der Waals surface area contributed by atoms with E-state index < -0.39 is 0 Å². The lowest BCUT2D eigenvalue weighted by Gasteiger charge is -2.32. The Hall–Kier alpha value is -3.56. The van der Waals surface area contributed by atoms with Crippen molar-refractivity contribution in [2.24, 2.45) is 0 Å². The van der Waals surface area contributed by atoms with Gasteiger partial charge in [-0.3, -0.25) is 4.90 Å². The van der Waals surface area contributed by atoms with E-state index in [1.54, 1.807) is 11.8 Å². The number of nitrogens with zero attached hydrogens (tertiary/aromatic N) is 7. The van der Waals surface area contributed by atoms with Gasteiger partial charge in [0.25, 0.3) is 0 Å². The van der Waals surface area contributed by atoms with Gasteiger partial charge < -0.3 is 0 Å². The standard InChI is InChI=1S/C40H53N7S2/c1-37(2,3)26-18-27(38(4,5)6)20-31(19-26)47(34-23-28(39(7,8)9)21-32(41-34)45-16-14-30(25-48)43-45)35-24-29(40(10,11)12)22-33(42-35)46-17-15-36(44-46)49-13/h14-24,48H,25H2,1-13H3. The number of thioether (sulfide) groups is 1. The van der Waals surface area contributed by atoms with Gasteiger partial charge in [0.2, 0.25) is 0 Å². The summed E-state index contributed by atoms with van der Waals surface area (Å²) in [5.41, 5.74) is 6.23. The lowest BCUT2D eigenvalue weighted by molar-refractivity contribution is 0.568. The number of rotatable bonds is 7. The van der Waals surface area contributed by atoms with E-state index in [0.29, 0.717) is 5.75 Å². The Morgan fingerprint density at radius 1 is 0.592 bits per heavy atom. The molecule has 0 aliphatic heterocycles. The van der Waals surface area contributed by atoms with Crippen LogP contribution in [0, 0.1) is 0 Å². The molecule has 0 N–H and O–H groups in total. The molecule has 260 valence electrons. The van der Waals surface area contributed by atoms with Crippen LogP contribution >= 0.6 is 24.4 Å². The topological polar surface area (TPSA) is 64.7 Å². The van der Waals surface area contributed by atoms with E-state index in [0.717, 1.165) is 50.8 Å². The molecule has 1 aromatic carbocycles. The monoisotopic (exact) mass is 695 g/mol. The van der Waals surface area contributed by atoms with Crippen LogP contribution in [0.5, 0.6) is 0 Å². The highest BCUT2D eigenvalue weighted by atomic mass is 32.2. The zero-order valence-corrected chi connectivity index (χ0v) is 33.3. The number of pyridine rings is 2. The van der Waals surface area contributed by atoms with Crippen molar-refractivity contribution in [1.82, 2.24) is 29.5 Å². The Morgan fingerprint density at radius 2 is 1.02 bits per heavy atom. The highest BCUT2D eigenvalue weighted by Crippen LogP contribution is 2.41. The summed E-state index contributed by atoms with van der Waals surface area (Å²) in [6, 6.07) is 19.7. The first-order valence-corrected chi connectivity index (χ1v) is 18.8. The fourth-order valence-corrected chi connectivity index (χ4v) is 5.97. The van der Waals surface area contributed by atoms with Gasteiger partial charge in [0, 0.05) is 23.8 Å².